The number of carbonyl (C=O) groups is 1. The molecule has 2 fully saturated rings. The number of anilines is 1. The van der Waals surface area contributed by atoms with Gasteiger partial charge in [0.05, 0.1) is 17.5 Å². The molecule has 2 aliphatic rings. The van der Waals surface area contributed by atoms with Crippen LogP contribution in [0.25, 0.3) is 0 Å². The van der Waals surface area contributed by atoms with Crippen molar-refractivity contribution >= 4 is 38.4 Å². The van der Waals surface area contributed by atoms with Crippen molar-refractivity contribution in [3.63, 3.8) is 0 Å². The number of thioether (sulfide) groups is 1. The molecule has 0 spiro atoms. The first-order valence-corrected chi connectivity index (χ1v) is 11.0. The lowest BCUT2D eigenvalue weighted by molar-refractivity contribution is -0.117. The van der Waals surface area contributed by atoms with E-state index in [1.807, 2.05) is 36.1 Å². The Labute approximate surface area is 147 Å². The Morgan fingerprint density at radius 1 is 1.29 bits per heavy atom. The summed E-state index contributed by atoms with van der Waals surface area (Å²) >= 11 is 1.44. The Balaban J connectivity index is 2.03. The average molecular weight is 367 g/mol. The third-order valence-corrected chi connectivity index (χ3v) is 7.59. The number of nitrogens with zero attached hydrogens (tertiary/aromatic N) is 2. The van der Waals surface area contributed by atoms with E-state index in [0.29, 0.717) is 11.6 Å². The van der Waals surface area contributed by atoms with Crippen LogP contribution in [-0.4, -0.2) is 42.3 Å². The second-order valence-electron chi connectivity index (χ2n) is 6.19. The average Bonchev–Trinajstić information content (AvgIpc) is 2.98. The van der Waals surface area contributed by atoms with Gasteiger partial charge in [-0.2, -0.15) is 4.99 Å². The molecule has 0 bridgehead atoms. The van der Waals surface area contributed by atoms with Gasteiger partial charge in [0.25, 0.3) is 0 Å². The molecular weight excluding hydrogens is 344 g/mol. The summed E-state index contributed by atoms with van der Waals surface area (Å²) in [7, 11) is -3.03. The number of para-hydroxylation sites is 1. The zero-order chi connectivity index (χ0) is 17.3. The lowest BCUT2D eigenvalue weighted by Gasteiger charge is -2.26. The summed E-state index contributed by atoms with van der Waals surface area (Å²) in [6.07, 6.45) is 2.02. The minimum atomic E-state index is -3.03. The number of fused-ring (bicyclic) bond motifs is 1. The van der Waals surface area contributed by atoms with Crippen LogP contribution >= 0.6 is 11.8 Å². The van der Waals surface area contributed by atoms with Crippen molar-refractivity contribution in [2.45, 2.75) is 44.4 Å². The molecule has 2 atom stereocenters. The number of aryl methyl sites for hydroxylation is 1. The van der Waals surface area contributed by atoms with Crippen LogP contribution in [0.1, 0.15) is 32.3 Å². The second-order valence-corrected chi connectivity index (χ2v) is 9.55. The summed E-state index contributed by atoms with van der Waals surface area (Å²) in [6, 6.07) is 7.82. The maximum absolute atomic E-state index is 12.1. The maximum Gasteiger partial charge on any atom is 0.248 e. The number of aliphatic imine (C=N–C) groups is 1. The first-order valence-electron chi connectivity index (χ1n) is 8.31. The van der Waals surface area contributed by atoms with Crippen LogP contribution in [0.5, 0.6) is 0 Å². The van der Waals surface area contributed by atoms with Crippen LogP contribution in [-0.2, 0) is 21.1 Å². The molecular formula is C17H22N2O3S2. The molecule has 0 N–H and O–H groups in total. The van der Waals surface area contributed by atoms with Crippen LogP contribution in [0, 0.1) is 0 Å². The molecule has 0 aromatic heterocycles. The number of amides is 1. The largest absolute Gasteiger partial charge is 0.315 e. The van der Waals surface area contributed by atoms with Gasteiger partial charge < -0.3 is 4.90 Å². The molecule has 2 heterocycles. The van der Waals surface area contributed by atoms with Gasteiger partial charge in [-0.25, -0.2) is 8.42 Å². The molecule has 0 aliphatic carbocycles. The van der Waals surface area contributed by atoms with E-state index in [0.717, 1.165) is 24.1 Å². The SMILES string of the molecule is CCCC(=O)N=C1S[C@H]2CS(=O)(=O)C[C@H]2N1c1ccccc1CC. The highest BCUT2D eigenvalue weighted by molar-refractivity contribution is 8.16. The summed E-state index contributed by atoms with van der Waals surface area (Å²) in [5.41, 5.74) is 2.11. The van der Waals surface area contributed by atoms with Crippen molar-refractivity contribution in [1.29, 1.82) is 0 Å². The van der Waals surface area contributed by atoms with Gasteiger partial charge in [-0.1, -0.05) is 43.8 Å². The van der Waals surface area contributed by atoms with Crippen LogP contribution in [0.15, 0.2) is 29.3 Å². The smallest absolute Gasteiger partial charge is 0.248 e. The van der Waals surface area contributed by atoms with Crippen molar-refractivity contribution in [2.24, 2.45) is 4.99 Å². The normalized spacial score (nSPS) is 26.8. The molecule has 0 saturated carbocycles. The van der Waals surface area contributed by atoms with Gasteiger partial charge >= 0.3 is 0 Å². The van der Waals surface area contributed by atoms with Crippen molar-refractivity contribution < 1.29 is 13.2 Å². The lowest BCUT2D eigenvalue weighted by atomic mass is 10.1. The third-order valence-electron chi connectivity index (χ3n) is 4.38. The molecule has 2 saturated heterocycles. The van der Waals surface area contributed by atoms with Crippen LogP contribution in [0.3, 0.4) is 0 Å². The fraction of sp³-hybridized carbons (Fsp3) is 0.529. The van der Waals surface area contributed by atoms with E-state index >= 15 is 0 Å². The Morgan fingerprint density at radius 3 is 2.75 bits per heavy atom. The predicted octanol–water partition coefficient (Wildman–Crippen LogP) is 2.65. The van der Waals surface area contributed by atoms with Gasteiger partial charge in [-0.05, 0) is 24.5 Å². The van der Waals surface area contributed by atoms with Crippen LogP contribution < -0.4 is 4.90 Å². The van der Waals surface area contributed by atoms with E-state index in [1.165, 1.54) is 11.8 Å². The highest BCUT2D eigenvalue weighted by Gasteiger charge is 2.49. The summed E-state index contributed by atoms with van der Waals surface area (Å²) in [5, 5.41) is 0.604. The van der Waals surface area contributed by atoms with Gasteiger partial charge in [0.1, 0.15) is 0 Å². The molecule has 1 aromatic carbocycles. The Kier molecular flexibility index (Phi) is 5.01. The number of hydrogen-bond acceptors (Lipinski definition) is 4. The molecule has 3 rings (SSSR count). The summed E-state index contributed by atoms with van der Waals surface area (Å²) in [5.74, 6) is 0.152. The highest BCUT2D eigenvalue weighted by Crippen LogP contribution is 2.42. The van der Waals surface area contributed by atoms with Gasteiger partial charge in [-0.15, -0.1) is 0 Å². The maximum atomic E-state index is 12.1. The zero-order valence-corrected chi connectivity index (χ0v) is 15.6. The number of amidine groups is 1. The monoisotopic (exact) mass is 366 g/mol. The number of hydrogen-bond donors (Lipinski definition) is 0. The highest BCUT2D eigenvalue weighted by atomic mass is 32.2. The Morgan fingerprint density at radius 2 is 2.04 bits per heavy atom. The summed E-state index contributed by atoms with van der Waals surface area (Å²) < 4.78 is 24.1. The molecule has 0 radical (unpaired) electrons. The first-order chi connectivity index (χ1) is 11.4. The van der Waals surface area contributed by atoms with Crippen LogP contribution in [0.4, 0.5) is 5.69 Å². The molecule has 2 aliphatic heterocycles. The van der Waals surface area contributed by atoms with Gasteiger partial charge in [0, 0.05) is 17.4 Å². The molecule has 1 aromatic rings. The van der Waals surface area contributed by atoms with Crippen molar-refractivity contribution in [1.82, 2.24) is 0 Å². The standard InChI is InChI=1S/C17H22N2O3S2/c1-3-7-16(20)18-17-19(13-9-6-5-8-12(13)4-2)14-10-24(21,22)11-15(14)23-17/h5-6,8-9,14-15H,3-4,7,10-11H2,1-2H3/t14-,15+/m1/s1. The van der Waals surface area contributed by atoms with E-state index < -0.39 is 9.84 Å². The molecule has 7 heteroatoms. The van der Waals surface area contributed by atoms with E-state index in [2.05, 4.69) is 11.9 Å². The van der Waals surface area contributed by atoms with Gasteiger partial charge in [-0.3, -0.25) is 4.79 Å². The van der Waals surface area contributed by atoms with E-state index in [9.17, 15) is 13.2 Å². The van der Waals surface area contributed by atoms with E-state index in [1.54, 1.807) is 0 Å². The minimum Gasteiger partial charge on any atom is -0.315 e. The molecule has 1 amide bonds. The molecule has 24 heavy (non-hydrogen) atoms. The number of sulfone groups is 1. The van der Waals surface area contributed by atoms with Gasteiger partial charge in [0.2, 0.25) is 5.91 Å². The fourth-order valence-corrected chi connectivity index (χ4v) is 7.19. The second kappa shape index (κ2) is 6.88. The molecule has 5 nitrogen and oxygen atoms in total. The fourth-order valence-electron chi connectivity index (χ4n) is 3.27. The molecule has 0 unspecified atom stereocenters. The van der Waals surface area contributed by atoms with Crippen molar-refractivity contribution in [2.75, 3.05) is 16.4 Å². The summed E-state index contributed by atoms with van der Waals surface area (Å²) in [4.78, 5) is 18.3. The molecule has 130 valence electrons. The summed E-state index contributed by atoms with van der Waals surface area (Å²) in [6.45, 7) is 4.02. The minimum absolute atomic E-state index is 0.0481. The number of benzene rings is 1. The predicted molar refractivity (Wildman–Crippen MR) is 99.5 cm³/mol. The zero-order valence-electron chi connectivity index (χ0n) is 13.9. The van der Waals surface area contributed by atoms with Crippen LogP contribution in [0.2, 0.25) is 0 Å². The first kappa shape index (κ1) is 17.5. The third kappa shape index (κ3) is 3.37. The van der Waals surface area contributed by atoms with Gasteiger partial charge in [0.15, 0.2) is 15.0 Å². The lowest BCUT2D eigenvalue weighted by Crippen LogP contribution is -2.38. The Bertz CT molecular complexity index is 774. The Hall–Kier alpha value is -1.34. The number of carbonyl (C=O) groups excluding carboxylic acids is 1. The topological polar surface area (TPSA) is 66.8 Å². The van der Waals surface area contributed by atoms with E-state index in [-0.39, 0.29) is 28.7 Å². The van der Waals surface area contributed by atoms with Crippen molar-refractivity contribution in [3.05, 3.63) is 29.8 Å². The van der Waals surface area contributed by atoms with E-state index in [4.69, 9.17) is 0 Å². The number of rotatable bonds is 4. The quantitative estimate of drug-likeness (QED) is 0.819. The van der Waals surface area contributed by atoms with Crippen molar-refractivity contribution in [3.8, 4) is 0 Å².